The summed E-state index contributed by atoms with van der Waals surface area (Å²) in [6, 6.07) is 8.37. The average Bonchev–Trinajstić information content (AvgIpc) is 2.97. The van der Waals surface area contributed by atoms with Gasteiger partial charge in [0, 0.05) is 31.4 Å². The molecule has 1 fully saturated rings. The molecule has 166 valence electrons. The van der Waals surface area contributed by atoms with Crippen LogP contribution in [0.4, 0.5) is 0 Å². The SMILES string of the molecule is CCNC(=NCc1ccc(OC2CCCCC2)cc1)NCc1c(C)nn(C)c1C.I. The van der Waals surface area contributed by atoms with Crippen molar-refractivity contribution in [2.24, 2.45) is 12.0 Å². The lowest BCUT2D eigenvalue weighted by atomic mass is 9.98. The van der Waals surface area contributed by atoms with Gasteiger partial charge in [-0.2, -0.15) is 5.10 Å². The largest absolute Gasteiger partial charge is 0.490 e. The molecule has 1 aliphatic rings. The number of nitrogens with one attached hydrogen (secondary N) is 2. The minimum Gasteiger partial charge on any atom is -0.490 e. The fraction of sp³-hybridized carbons (Fsp3) is 0.565. The van der Waals surface area contributed by atoms with Crippen LogP contribution < -0.4 is 15.4 Å². The molecule has 0 spiro atoms. The van der Waals surface area contributed by atoms with E-state index in [-0.39, 0.29) is 24.0 Å². The first kappa shape index (κ1) is 24.5. The Morgan fingerprint density at radius 1 is 1.13 bits per heavy atom. The standard InChI is InChI=1S/C23H35N5O.HI/c1-5-24-23(26-16-22-17(2)27-28(4)18(22)3)25-15-19-11-13-21(14-12-19)29-20-9-7-6-8-10-20;/h11-14,20H,5-10,15-16H2,1-4H3,(H2,24,25,26);1H. The maximum absolute atomic E-state index is 6.12. The molecule has 1 heterocycles. The number of nitrogens with zero attached hydrogens (tertiary/aromatic N) is 3. The van der Waals surface area contributed by atoms with Crippen molar-refractivity contribution in [3.8, 4) is 5.75 Å². The summed E-state index contributed by atoms with van der Waals surface area (Å²) in [6.07, 6.45) is 6.67. The molecule has 30 heavy (non-hydrogen) atoms. The van der Waals surface area contributed by atoms with Gasteiger partial charge in [0.2, 0.25) is 0 Å². The quantitative estimate of drug-likeness (QED) is 0.315. The number of guanidine groups is 1. The minimum atomic E-state index is 0. The van der Waals surface area contributed by atoms with Gasteiger partial charge in [-0.05, 0) is 64.2 Å². The highest BCUT2D eigenvalue weighted by Crippen LogP contribution is 2.23. The van der Waals surface area contributed by atoms with Crippen LogP contribution in [-0.2, 0) is 20.1 Å². The molecule has 2 aromatic rings. The molecule has 6 nitrogen and oxygen atoms in total. The Hall–Kier alpha value is -1.77. The molecule has 2 N–H and O–H groups in total. The van der Waals surface area contributed by atoms with Crippen LogP contribution in [0.25, 0.3) is 0 Å². The van der Waals surface area contributed by atoms with E-state index in [0.29, 0.717) is 19.2 Å². The predicted octanol–water partition coefficient (Wildman–Crippen LogP) is 4.62. The minimum absolute atomic E-state index is 0. The molecule has 1 aromatic heterocycles. The first-order chi connectivity index (χ1) is 14.1. The maximum atomic E-state index is 6.12. The van der Waals surface area contributed by atoms with Gasteiger partial charge in [-0.3, -0.25) is 4.68 Å². The molecule has 7 heteroatoms. The molecule has 0 saturated heterocycles. The number of ether oxygens (including phenoxy) is 1. The van der Waals surface area contributed by atoms with E-state index in [4.69, 9.17) is 9.73 Å². The number of halogens is 1. The fourth-order valence-corrected chi connectivity index (χ4v) is 3.81. The summed E-state index contributed by atoms with van der Waals surface area (Å²) in [5.74, 6) is 1.79. The van der Waals surface area contributed by atoms with Crippen molar-refractivity contribution < 1.29 is 4.74 Å². The van der Waals surface area contributed by atoms with Crippen LogP contribution in [0.1, 0.15) is 61.5 Å². The Morgan fingerprint density at radius 3 is 2.43 bits per heavy atom. The van der Waals surface area contributed by atoms with Gasteiger partial charge in [-0.1, -0.05) is 18.6 Å². The van der Waals surface area contributed by atoms with Gasteiger partial charge < -0.3 is 15.4 Å². The van der Waals surface area contributed by atoms with E-state index in [1.165, 1.54) is 48.9 Å². The van der Waals surface area contributed by atoms with E-state index in [1.54, 1.807) is 0 Å². The number of hydrogen-bond donors (Lipinski definition) is 2. The number of benzene rings is 1. The molecular weight excluding hydrogens is 489 g/mol. The molecule has 0 bridgehead atoms. The van der Waals surface area contributed by atoms with Crippen molar-refractivity contribution in [3.05, 3.63) is 46.8 Å². The number of aliphatic imine (C=N–C) groups is 1. The van der Waals surface area contributed by atoms with E-state index in [9.17, 15) is 0 Å². The Bertz CT molecular complexity index is 810. The monoisotopic (exact) mass is 525 g/mol. The molecule has 0 amide bonds. The van der Waals surface area contributed by atoms with Crippen molar-refractivity contribution in [1.29, 1.82) is 0 Å². The molecule has 0 atom stereocenters. The van der Waals surface area contributed by atoms with Crippen LogP contribution in [0.3, 0.4) is 0 Å². The van der Waals surface area contributed by atoms with Gasteiger partial charge in [-0.15, -0.1) is 24.0 Å². The van der Waals surface area contributed by atoms with E-state index in [0.717, 1.165) is 23.9 Å². The zero-order chi connectivity index (χ0) is 20.6. The first-order valence-electron chi connectivity index (χ1n) is 10.8. The topological polar surface area (TPSA) is 63.5 Å². The van der Waals surface area contributed by atoms with Gasteiger partial charge in [0.1, 0.15) is 5.75 Å². The molecule has 0 aliphatic heterocycles. The smallest absolute Gasteiger partial charge is 0.191 e. The van der Waals surface area contributed by atoms with Gasteiger partial charge >= 0.3 is 0 Å². The summed E-state index contributed by atoms with van der Waals surface area (Å²) >= 11 is 0. The van der Waals surface area contributed by atoms with Gasteiger partial charge in [0.05, 0.1) is 18.3 Å². The van der Waals surface area contributed by atoms with Crippen LogP contribution in [0.5, 0.6) is 5.75 Å². The summed E-state index contributed by atoms with van der Waals surface area (Å²) in [6.45, 7) is 8.39. The zero-order valence-electron chi connectivity index (χ0n) is 18.7. The zero-order valence-corrected chi connectivity index (χ0v) is 21.0. The van der Waals surface area contributed by atoms with Crippen molar-refractivity contribution in [2.75, 3.05) is 6.54 Å². The number of hydrogen-bond acceptors (Lipinski definition) is 3. The summed E-state index contributed by atoms with van der Waals surface area (Å²) in [5, 5.41) is 11.2. The summed E-state index contributed by atoms with van der Waals surface area (Å²) in [5.41, 5.74) is 4.63. The van der Waals surface area contributed by atoms with Crippen molar-refractivity contribution in [1.82, 2.24) is 20.4 Å². The van der Waals surface area contributed by atoms with Gasteiger partial charge in [0.15, 0.2) is 5.96 Å². The molecular formula is C23H36IN5O. The molecule has 0 radical (unpaired) electrons. The van der Waals surface area contributed by atoms with E-state index in [2.05, 4.69) is 53.8 Å². The van der Waals surface area contributed by atoms with Crippen molar-refractivity contribution in [3.63, 3.8) is 0 Å². The maximum Gasteiger partial charge on any atom is 0.191 e. The highest BCUT2D eigenvalue weighted by molar-refractivity contribution is 14.0. The van der Waals surface area contributed by atoms with Crippen LogP contribution in [-0.4, -0.2) is 28.4 Å². The lowest BCUT2D eigenvalue weighted by Crippen LogP contribution is -2.37. The second kappa shape index (κ2) is 12.2. The fourth-order valence-electron chi connectivity index (χ4n) is 3.81. The van der Waals surface area contributed by atoms with E-state index >= 15 is 0 Å². The van der Waals surface area contributed by atoms with Crippen LogP contribution in [0.2, 0.25) is 0 Å². The molecule has 3 rings (SSSR count). The third kappa shape index (κ3) is 6.89. The van der Waals surface area contributed by atoms with Gasteiger partial charge in [0.25, 0.3) is 0 Å². The number of rotatable bonds is 7. The molecule has 0 unspecified atom stereocenters. The summed E-state index contributed by atoms with van der Waals surface area (Å²) in [4.78, 5) is 4.74. The van der Waals surface area contributed by atoms with E-state index in [1.807, 2.05) is 18.7 Å². The van der Waals surface area contributed by atoms with E-state index < -0.39 is 0 Å². The van der Waals surface area contributed by atoms with Crippen molar-refractivity contribution >= 4 is 29.9 Å². The number of aryl methyl sites for hydroxylation is 2. The van der Waals surface area contributed by atoms with Crippen LogP contribution in [0.15, 0.2) is 29.3 Å². The highest BCUT2D eigenvalue weighted by atomic mass is 127. The lowest BCUT2D eigenvalue weighted by Gasteiger charge is -2.23. The van der Waals surface area contributed by atoms with Crippen LogP contribution >= 0.6 is 24.0 Å². The second-order valence-corrected chi connectivity index (χ2v) is 7.84. The normalized spacial score (nSPS) is 14.9. The lowest BCUT2D eigenvalue weighted by molar-refractivity contribution is 0.155. The molecule has 1 saturated carbocycles. The summed E-state index contributed by atoms with van der Waals surface area (Å²) in [7, 11) is 1.98. The van der Waals surface area contributed by atoms with Crippen molar-refractivity contribution in [2.45, 2.75) is 72.1 Å². The Kier molecular flexibility index (Phi) is 9.94. The second-order valence-electron chi connectivity index (χ2n) is 7.84. The average molecular weight is 525 g/mol. The Labute approximate surface area is 197 Å². The molecule has 1 aromatic carbocycles. The highest BCUT2D eigenvalue weighted by Gasteiger charge is 2.14. The first-order valence-corrected chi connectivity index (χ1v) is 10.8. The predicted molar refractivity (Wildman–Crippen MR) is 134 cm³/mol. The molecule has 1 aliphatic carbocycles. The Balaban J connectivity index is 0.00000320. The Morgan fingerprint density at radius 2 is 1.83 bits per heavy atom. The number of aromatic nitrogens is 2. The van der Waals surface area contributed by atoms with Crippen LogP contribution in [0, 0.1) is 13.8 Å². The van der Waals surface area contributed by atoms with Gasteiger partial charge in [-0.25, -0.2) is 4.99 Å². The third-order valence-corrected chi connectivity index (χ3v) is 5.63. The third-order valence-electron chi connectivity index (χ3n) is 5.63. The summed E-state index contributed by atoms with van der Waals surface area (Å²) < 4.78 is 8.04.